The SMILES string of the molecule is O=C(O)C[C@H]1CN(C(=O)CCCOc2ccc3c(c2)CCC(=O)N3)CCO1. The number of rotatable bonds is 7. The molecule has 3 rings (SSSR count). The van der Waals surface area contributed by atoms with E-state index in [1.807, 2.05) is 18.2 Å². The van der Waals surface area contributed by atoms with Crippen LogP contribution in [0.2, 0.25) is 0 Å². The monoisotopic (exact) mass is 376 g/mol. The minimum absolute atomic E-state index is 0.00885. The van der Waals surface area contributed by atoms with Crippen molar-refractivity contribution in [3.05, 3.63) is 23.8 Å². The summed E-state index contributed by atoms with van der Waals surface area (Å²) in [6.07, 6.45) is 1.58. The fourth-order valence-electron chi connectivity index (χ4n) is 3.29. The molecule has 0 spiro atoms. The van der Waals surface area contributed by atoms with Gasteiger partial charge in [-0.15, -0.1) is 0 Å². The number of hydrogen-bond acceptors (Lipinski definition) is 5. The highest BCUT2D eigenvalue weighted by Crippen LogP contribution is 2.26. The number of carboxylic acids is 1. The molecule has 27 heavy (non-hydrogen) atoms. The van der Waals surface area contributed by atoms with Crippen molar-refractivity contribution in [2.75, 3.05) is 31.6 Å². The van der Waals surface area contributed by atoms with Crippen LogP contribution in [0.3, 0.4) is 0 Å². The number of nitrogens with one attached hydrogen (secondary N) is 1. The highest BCUT2D eigenvalue weighted by atomic mass is 16.5. The molecule has 2 aliphatic heterocycles. The maximum Gasteiger partial charge on any atom is 0.306 e. The van der Waals surface area contributed by atoms with Gasteiger partial charge in [-0.25, -0.2) is 0 Å². The first-order valence-electron chi connectivity index (χ1n) is 9.18. The van der Waals surface area contributed by atoms with Crippen LogP contribution >= 0.6 is 0 Å². The molecule has 2 amide bonds. The lowest BCUT2D eigenvalue weighted by Gasteiger charge is -2.32. The second kappa shape index (κ2) is 8.85. The van der Waals surface area contributed by atoms with Gasteiger partial charge in [-0.1, -0.05) is 0 Å². The Hall–Kier alpha value is -2.61. The highest BCUT2D eigenvalue weighted by Gasteiger charge is 2.25. The molecule has 2 heterocycles. The summed E-state index contributed by atoms with van der Waals surface area (Å²) in [5.41, 5.74) is 1.89. The van der Waals surface area contributed by atoms with Gasteiger partial charge in [0.2, 0.25) is 11.8 Å². The Morgan fingerprint density at radius 1 is 1.33 bits per heavy atom. The molecule has 0 aromatic heterocycles. The number of carboxylic acid groups (broad SMARTS) is 1. The number of benzene rings is 1. The van der Waals surface area contributed by atoms with Gasteiger partial charge in [0.1, 0.15) is 5.75 Å². The average Bonchev–Trinajstić information content (AvgIpc) is 2.64. The van der Waals surface area contributed by atoms with Crippen molar-refractivity contribution in [2.45, 2.75) is 38.2 Å². The predicted octanol–water partition coefficient (Wildman–Crippen LogP) is 1.43. The van der Waals surface area contributed by atoms with Crippen LogP contribution in [0, 0.1) is 0 Å². The van der Waals surface area contributed by atoms with Gasteiger partial charge < -0.3 is 24.8 Å². The number of nitrogens with zero attached hydrogens (tertiary/aromatic N) is 1. The molecule has 146 valence electrons. The van der Waals surface area contributed by atoms with Crippen LogP contribution in [-0.4, -0.2) is 60.2 Å². The van der Waals surface area contributed by atoms with E-state index in [1.54, 1.807) is 4.90 Å². The Morgan fingerprint density at radius 3 is 3.00 bits per heavy atom. The molecule has 0 unspecified atom stereocenters. The normalized spacial score (nSPS) is 19.2. The van der Waals surface area contributed by atoms with E-state index in [4.69, 9.17) is 14.6 Å². The second-order valence-electron chi connectivity index (χ2n) is 6.75. The van der Waals surface area contributed by atoms with Crippen LogP contribution in [0.25, 0.3) is 0 Å². The Bertz CT molecular complexity index is 720. The third-order valence-electron chi connectivity index (χ3n) is 4.67. The summed E-state index contributed by atoms with van der Waals surface area (Å²) in [4.78, 5) is 36.1. The molecule has 1 atom stereocenters. The zero-order chi connectivity index (χ0) is 19.2. The molecular formula is C19H24N2O6. The molecule has 0 aliphatic carbocycles. The molecule has 8 nitrogen and oxygen atoms in total. The summed E-state index contributed by atoms with van der Waals surface area (Å²) in [6.45, 7) is 1.60. The van der Waals surface area contributed by atoms with Gasteiger partial charge >= 0.3 is 5.97 Å². The molecule has 1 aromatic carbocycles. The van der Waals surface area contributed by atoms with E-state index in [-0.39, 0.29) is 18.2 Å². The van der Waals surface area contributed by atoms with Crippen LogP contribution < -0.4 is 10.1 Å². The molecule has 1 fully saturated rings. The molecule has 1 aromatic rings. The first-order valence-corrected chi connectivity index (χ1v) is 9.18. The van der Waals surface area contributed by atoms with Gasteiger partial charge in [-0.2, -0.15) is 0 Å². The van der Waals surface area contributed by atoms with E-state index in [1.165, 1.54) is 0 Å². The van der Waals surface area contributed by atoms with Crippen molar-refractivity contribution in [1.29, 1.82) is 0 Å². The largest absolute Gasteiger partial charge is 0.494 e. The fourth-order valence-corrected chi connectivity index (χ4v) is 3.29. The Kier molecular flexibility index (Phi) is 6.28. The van der Waals surface area contributed by atoms with E-state index in [2.05, 4.69) is 5.32 Å². The minimum Gasteiger partial charge on any atom is -0.494 e. The molecule has 8 heteroatoms. The average molecular weight is 376 g/mol. The lowest BCUT2D eigenvalue weighted by atomic mass is 10.0. The van der Waals surface area contributed by atoms with Crippen LogP contribution in [0.15, 0.2) is 18.2 Å². The van der Waals surface area contributed by atoms with E-state index >= 15 is 0 Å². The summed E-state index contributed by atoms with van der Waals surface area (Å²) < 4.78 is 11.1. The quantitative estimate of drug-likeness (QED) is 0.698. The molecule has 1 saturated heterocycles. The Morgan fingerprint density at radius 2 is 2.19 bits per heavy atom. The van der Waals surface area contributed by atoms with Gasteiger partial charge in [0, 0.05) is 31.6 Å². The lowest BCUT2D eigenvalue weighted by Crippen LogP contribution is -2.46. The Labute approximate surface area is 157 Å². The van der Waals surface area contributed by atoms with Gasteiger partial charge in [-0.3, -0.25) is 14.4 Å². The van der Waals surface area contributed by atoms with Crippen molar-refractivity contribution in [3.8, 4) is 5.75 Å². The van der Waals surface area contributed by atoms with Crippen molar-refractivity contribution in [2.24, 2.45) is 0 Å². The Balaban J connectivity index is 1.40. The third-order valence-corrected chi connectivity index (χ3v) is 4.67. The maximum absolute atomic E-state index is 12.3. The van der Waals surface area contributed by atoms with Gasteiger partial charge in [0.05, 0.1) is 25.7 Å². The summed E-state index contributed by atoms with van der Waals surface area (Å²) in [7, 11) is 0. The smallest absolute Gasteiger partial charge is 0.306 e. The molecule has 2 aliphatic rings. The molecular weight excluding hydrogens is 352 g/mol. The van der Waals surface area contributed by atoms with Gasteiger partial charge in [0.25, 0.3) is 0 Å². The number of morpholine rings is 1. The van der Waals surface area contributed by atoms with Crippen molar-refractivity contribution < 1.29 is 29.0 Å². The first-order chi connectivity index (χ1) is 13.0. The molecule has 0 saturated carbocycles. The fraction of sp³-hybridized carbons (Fsp3) is 0.526. The second-order valence-corrected chi connectivity index (χ2v) is 6.75. The third kappa shape index (κ3) is 5.43. The number of ether oxygens (including phenoxy) is 2. The van der Waals surface area contributed by atoms with Crippen molar-refractivity contribution in [3.63, 3.8) is 0 Å². The van der Waals surface area contributed by atoms with E-state index in [0.29, 0.717) is 52.0 Å². The number of hydrogen-bond donors (Lipinski definition) is 2. The van der Waals surface area contributed by atoms with Gasteiger partial charge in [-0.05, 0) is 36.6 Å². The standard InChI is InChI=1S/C19H24N2O6/c22-17-6-3-13-10-14(4-5-16(13)20-17)26-8-1-2-18(23)21-7-9-27-15(12-21)11-19(24)25/h4-5,10,15H,1-3,6-9,11-12H2,(H,20,22)(H,24,25)/t15-/m0/s1. The number of carbonyl (C=O) groups is 3. The van der Waals surface area contributed by atoms with E-state index in [0.717, 1.165) is 17.0 Å². The zero-order valence-electron chi connectivity index (χ0n) is 15.1. The maximum atomic E-state index is 12.3. The van der Waals surface area contributed by atoms with Crippen molar-refractivity contribution >= 4 is 23.5 Å². The summed E-state index contributed by atoms with van der Waals surface area (Å²) in [6, 6.07) is 5.57. The topological polar surface area (TPSA) is 105 Å². The first kappa shape index (κ1) is 19.2. The molecule has 0 bridgehead atoms. The predicted molar refractivity (Wildman–Crippen MR) is 96.7 cm³/mol. The van der Waals surface area contributed by atoms with Crippen LogP contribution in [-0.2, 0) is 25.5 Å². The number of aliphatic carboxylic acids is 1. The summed E-state index contributed by atoms with van der Waals surface area (Å²) >= 11 is 0. The number of amides is 2. The summed E-state index contributed by atoms with van der Waals surface area (Å²) in [5.74, 6) is -0.175. The summed E-state index contributed by atoms with van der Waals surface area (Å²) in [5, 5.41) is 11.7. The van der Waals surface area contributed by atoms with Crippen LogP contribution in [0.5, 0.6) is 5.75 Å². The number of anilines is 1. The van der Waals surface area contributed by atoms with E-state index in [9.17, 15) is 14.4 Å². The number of aryl methyl sites for hydroxylation is 1. The van der Waals surface area contributed by atoms with E-state index < -0.39 is 12.1 Å². The lowest BCUT2D eigenvalue weighted by molar-refractivity contribution is -0.147. The van der Waals surface area contributed by atoms with Crippen LogP contribution in [0.4, 0.5) is 5.69 Å². The number of fused-ring (bicyclic) bond motifs is 1. The molecule has 0 radical (unpaired) electrons. The van der Waals surface area contributed by atoms with Crippen LogP contribution in [0.1, 0.15) is 31.2 Å². The van der Waals surface area contributed by atoms with Gasteiger partial charge in [0.15, 0.2) is 0 Å². The zero-order valence-corrected chi connectivity index (χ0v) is 15.1. The number of carbonyl (C=O) groups excluding carboxylic acids is 2. The van der Waals surface area contributed by atoms with Crippen molar-refractivity contribution in [1.82, 2.24) is 4.90 Å². The minimum atomic E-state index is -0.924. The highest BCUT2D eigenvalue weighted by molar-refractivity contribution is 5.94. The molecule has 2 N–H and O–H groups in total.